The fraction of sp³-hybridized carbons (Fsp3) is 0.179. The van der Waals surface area contributed by atoms with Crippen LogP contribution in [0.4, 0.5) is 0 Å². The minimum atomic E-state index is -0.0217. The van der Waals surface area contributed by atoms with Crippen molar-refractivity contribution in [2.45, 2.75) is 31.3 Å². The van der Waals surface area contributed by atoms with Gasteiger partial charge >= 0.3 is 0 Å². The van der Waals surface area contributed by atoms with E-state index in [0.717, 1.165) is 38.9 Å². The Kier molecular flexibility index (Phi) is 3.18. The monoisotopic (exact) mass is 403 g/mol. The molecule has 7 rings (SSSR count). The number of furan rings is 1. The van der Waals surface area contributed by atoms with Crippen molar-refractivity contribution in [1.29, 1.82) is 0 Å². The molecule has 0 fully saturated rings. The third-order valence-electron chi connectivity index (χ3n) is 7.20. The van der Waals surface area contributed by atoms with Gasteiger partial charge in [-0.25, -0.2) is 0 Å². The summed E-state index contributed by atoms with van der Waals surface area (Å²) in [7, 11) is 0. The number of nitrogens with zero attached hydrogens (tertiary/aromatic N) is 1. The van der Waals surface area contributed by atoms with Gasteiger partial charge in [-0.2, -0.15) is 0 Å². The van der Waals surface area contributed by atoms with E-state index in [0.29, 0.717) is 5.92 Å². The van der Waals surface area contributed by atoms with E-state index in [2.05, 4.69) is 68.4 Å². The van der Waals surface area contributed by atoms with Gasteiger partial charge in [0.05, 0.1) is 5.69 Å². The van der Waals surface area contributed by atoms with E-state index < -0.39 is 0 Å². The van der Waals surface area contributed by atoms with E-state index in [1.54, 1.807) is 0 Å². The summed E-state index contributed by atoms with van der Waals surface area (Å²) >= 11 is 0. The molecule has 0 saturated heterocycles. The Labute approximate surface area is 180 Å². The van der Waals surface area contributed by atoms with Crippen LogP contribution in [0.1, 0.15) is 42.6 Å². The summed E-state index contributed by atoms with van der Waals surface area (Å²) in [4.78, 5) is 4.79. The number of hydrogen-bond donors (Lipinski definition) is 0. The SMILES string of the molecule is CC1(C)c2cc(-c3cc4oc5ccccc5c4cn3)ccc2C2Oc3ccccc3C21. The molecule has 31 heavy (non-hydrogen) atoms. The van der Waals surface area contributed by atoms with Crippen LogP contribution in [-0.2, 0) is 5.41 Å². The van der Waals surface area contributed by atoms with Crippen molar-refractivity contribution in [3.63, 3.8) is 0 Å². The number of hydrogen-bond acceptors (Lipinski definition) is 3. The van der Waals surface area contributed by atoms with Crippen LogP contribution in [0, 0.1) is 0 Å². The molecule has 0 spiro atoms. The minimum absolute atomic E-state index is 0.0217. The van der Waals surface area contributed by atoms with Crippen LogP contribution in [0.5, 0.6) is 5.75 Å². The first kappa shape index (κ1) is 17.1. The largest absolute Gasteiger partial charge is 0.485 e. The Morgan fingerprint density at radius 1 is 0.806 bits per heavy atom. The lowest BCUT2D eigenvalue weighted by atomic mass is 9.75. The summed E-state index contributed by atoms with van der Waals surface area (Å²) in [5.41, 5.74) is 7.76. The van der Waals surface area contributed by atoms with Gasteiger partial charge in [0.25, 0.3) is 0 Å². The third kappa shape index (κ3) is 2.21. The molecule has 5 aromatic rings. The Bertz CT molecular complexity index is 1510. The molecule has 0 radical (unpaired) electrons. The van der Waals surface area contributed by atoms with Crippen molar-refractivity contribution in [3.8, 4) is 17.0 Å². The van der Waals surface area contributed by atoms with Gasteiger partial charge in [0.15, 0.2) is 0 Å². The van der Waals surface area contributed by atoms with Gasteiger partial charge < -0.3 is 9.15 Å². The highest BCUT2D eigenvalue weighted by atomic mass is 16.5. The van der Waals surface area contributed by atoms with Gasteiger partial charge in [-0.15, -0.1) is 0 Å². The van der Waals surface area contributed by atoms with Crippen molar-refractivity contribution in [3.05, 3.63) is 95.7 Å². The van der Waals surface area contributed by atoms with Crippen molar-refractivity contribution in [2.24, 2.45) is 0 Å². The van der Waals surface area contributed by atoms with Crippen LogP contribution in [0.15, 0.2) is 83.4 Å². The first-order valence-electron chi connectivity index (χ1n) is 10.8. The number of aromatic nitrogens is 1. The molecule has 1 aliphatic carbocycles. The molecule has 2 aromatic heterocycles. The van der Waals surface area contributed by atoms with Gasteiger partial charge in [-0.3, -0.25) is 4.98 Å². The highest BCUT2D eigenvalue weighted by Crippen LogP contribution is 2.61. The molecule has 0 amide bonds. The second-order valence-electron chi connectivity index (χ2n) is 9.24. The minimum Gasteiger partial charge on any atom is -0.485 e. The number of rotatable bonds is 1. The van der Waals surface area contributed by atoms with Crippen LogP contribution in [0.25, 0.3) is 33.2 Å². The van der Waals surface area contributed by atoms with Crippen LogP contribution in [0.2, 0.25) is 0 Å². The maximum Gasteiger partial charge on any atom is 0.139 e. The summed E-state index contributed by atoms with van der Waals surface area (Å²) < 4.78 is 12.5. The molecule has 3 heterocycles. The van der Waals surface area contributed by atoms with Gasteiger partial charge in [-0.1, -0.05) is 62.4 Å². The average molecular weight is 403 g/mol. The predicted molar refractivity (Wildman–Crippen MR) is 123 cm³/mol. The molecule has 3 heteroatoms. The zero-order valence-electron chi connectivity index (χ0n) is 17.4. The standard InChI is InChI=1S/C28H21NO2/c1-28(2)21-13-16(11-12-18(21)27-26(28)19-8-4-6-10-24(19)31-27)22-14-25-20(15-29-22)17-7-3-5-9-23(17)30-25/h3-15,26-27H,1-2H3. The number of pyridine rings is 1. The topological polar surface area (TPSA) is 35.3 Å². The van der Waals surface area contributed by atoms with E-state index in [9.17, 15) is 0 Å². The fourth-order valence-corrected chi connectivity index (χ4v) is 5.69. The summed E-state index contributed by atoms with van der Waals surface area (Å²) in [5.74, 6) is 1.36. The highest BCUT2D eigenvalue weighted by molar-refractivity contribution is 6.05. The van der Waals surface area contributed by atoms with Gasteiger partial charge in [0.1, 0.15) is 23.0 Å². The lowest BCUT2D eigenvalue weighted by molar-refractivity contribution is 0.198. The summed E-state index contributed by atoms with van der Waals surface area (Å²) in [6.07, 6.45) is 2.02. The lowest BCUT2D eigenvalue weighted by Gasteiger charge is -2.27. The first-order chi connectivity index (χ1) is 15.1. The molecule has 0 bridgehead atoms. The molecule has 3 nitrogen and oxygen atoms in total. The molecule has 2 unspecified atom stereocenters. The fourth-order valence-electron chi connectivity index (χ4n) is 5.69. The highest BCUT2D eigenvalue weighted by Gasteiger charge is 2.52. The lowest BCUT2D eigenvalue weighted by Crippen LogP contribution is -2.22. The summed E-state index contributed by atoms with van der Waals surface area (Å²) in [6, 6.07) is 25.3. The maximum absolute atomic E-state index is 6.40. The molecule has 150 valence electrons. The second-order valence-corrected chi connectivity index (χ2v) is 9.24. The van der Waals surface area contributed by atoms with E-state index in [1.165, 1.54) is 16.7 Å². The Morgan fingerprint density at radius 3 is 2.58 bits per heavy atom. The molecule has 0 saturated carbocycles. The predicted octanol–water partition coefficient (Wildman–Crippen LogP) is 7.16. The van der Waals surface area contributed by atoms with E-state index in [-0.39, 0.29) is 11.5 Å². The van der Waals surface area contributed by atoms with Crippen molar-refractivity contribution < 1.29 is 9.15 Å². The molecule has 2 aliphatic rings. The smallest absolute Gasteiger partial charge is 0.139 e. The van der Waals surface area contributed by atoms with Crippen LogP contribution in [-0.4, -0.2) is 4.98 Å². The van der Waals surface area contributed by atoms with Gasteiger partial charge in [-0.05, 0) is 29.3 Å². The van der Waals surface area contributed by atoms with Crippen molar-refractivity contribution in [1.82, 2.24) is 4.98 Å². The quantitative estimate of drug-likeness (QED) is 0.298. The normalized spacial score (nSPS) is 20.5. The zero-order valence-corrected chi connectivity index (χ0v) is 17.4. The summed E-state index contributed by atoms with van der Waals surface area (Å²) in [6.45, 7) is 4.67. The Balaban J connectivity index is 1.36. The molecular weight excluding hydrogens is 382 g/mol. The van der Waals surface area contributed by atoms with Gasteiger partial charge in [0, 0.05) is 45.5 Å². The van der Waals surface area contributed by atoms with Gasteiger partial charge in [0.2, 0.25) is 0 Å². The first-order valence-corrected chi connectivity index (χ1v) is 10.8. The van der Waals surface area contributed by atoms with Crippen LogP contribution < -0.4 is 4.74 Å². The number of benzene rings is 3. The maximum atomic E-state index is 6.40. The Morgan fingerprint density at radius 2 is 1.65 bits per heavy atom. The zero-order chi connectivity index (χ0) is 20.7. The molecule has 0 N–H and O–H groups in total. The molecule has 3 aromatic carbocycles. The van der Waals surface area contributed by atoms with Crippen molar-refractivity contribution in [2.75, 3.05) is 0 Å². The van der Waals surface area contributed by atoms with E-state index in [1.807, 2.05) is 24.4 Å². The molecule has 2 atom stereocenters. The Hall–Kier alpha value is -3.59. The van der Waals surface area contributed by atoms with Crippen molar-refractivity contribution >= 4 is 21.9 Å². The van der Waals surface area contributed by atoms with Crippen LogP contribution >= 0.6 is 0 Å². The summed E-state index contributed by atoms with van der Waals surface area (Å²) in [5, 5.41) is 2.16. The van der Waals surface area contributed by atoms with E-state index >= 15 is 0 Å². The average Bonchev–Trinajstić information content (AvgIpc) is 3.42. The molecule has 1 aliphatic heterocycles. The molecular formula is C28H21NO2. The van der Waals surface area contributed by atoms with E-state index in [4.69, 9.17) is 14.1 Å². The van der Waals surface area contributed by atoms with Crippen LogP contribution in [0.3, 0.4) is 0 Å². The number of para-hydroxylation sites is 2. The second kappa shape index (κ2) is 5.76. The number of fused-ring (bicyclic) bond motifs is 8. The number of ether oxygens (including phenoxy) is 1. The third-order valence-corrected chi connectivity index (χ3v) is 7.20.